The molecular weight excluding hydrogens is 398 g/mol. The molecule has 1 amide bonds. The summed E-state index contributed by atoms with van der Waals surface area (Å²) in [6.07, 6.45) is 4.10. The summed E-state index contributed by atoms with van der Waals surface area (Å²) in [7, 11) is -1.95. The highest BCUT2D eigenvalue weighted by molar-refractivity contribution is 7.92. The number of sulfonamides is 1. The summed E-state index contributed by atoms with van der Waals surface area (Å²) in [5.74, 6) is -0.148. The average molecular weight is 428 g/mol. The van der Waals surface area contributed by atoms with Gasteiger partial charge in [-0.05, 0) is 68.6 Å². The SMILES string of the molecule is CN(CCN1CCCC1)C(=O)c1cccc(S(=O)(=O)N2CCCc3ccccc32)c1. The first-order valence-corrected chi connectivity index (χ1v) is 12.1. The molecule has 4 rings (SSSR count). The Balaban J connectivity index is 1.53. The van der Waals surface area contributed by atoms with Crippen LogP contribution in [0.25, 0.3) is 0 Å². The van der Waals surface area contributed by atoms with Crippen molar-refractivity contribution in [1.29, 1.82) is 0 Å². The molecule has 2 aliphatic heterocycles. The molecule has 0 spiro atoms. The molecule has 0 atom stereocenters. The minimum absolute atomic E-state index is 0.148. The van der Waals surface area contributed by atoms with Crippen LogP contribution in [0.15, 0.2) is 53.4 Å². The Hall–Kier alpha value is -2.38. The molecule has 2 heterocycles. The van der Waals surface area contributed by atoms with E-state index in [1.54, 1.807) is 30.1 Å². The van der Waals surface area contributed by atoms with E-state index in [-0.39, 0.29) is 10.8 Å². The summed E-state index contributed by atoms with van der Waals surface area (Å²) in [5.41, 5.74) is 2.19. The van der Waals surface area contributed by atoms with E-state index in [1.807, 2.05) is 24.3 Å². The van der Waals surface area contributed by atoms with Crippen molar-refractivity contribution in [3.63, 3.8) is 0 Å². The number of carbonyl (C=O) groups excluding carboxylic acids is 1. The Labute approximate surface area is 179 Å². The van der Waals surface area contributed by atoms with Gasteiger partial charge in [0.05, 0.1) is 10.6 Å². The number of likely N-dealkylation sites (tertiary alicyclic amines) is 1. The van der Waals surface area contributed by atoms with E-state index >= 15 is 0 Å². The van der Waals surface area contributed by atoms with Gasteiger partial charge in [0.25, 0.3) is 15.9 Å². The van der Waals surface area contributed by atoms with Gasteiger partial charge in [0, 0.05) is 32.2 Å². The number of aryl methyl sites for hydroxylation is 1. The highest BCUT2D eigenvalue weighted by Gasteiger charge is 2.29. The summed E-state index contributed by atoms with van der Waals surface area (Å²) < 4.78 is 28.3. The Morgan fingerprint density at radius 3 is 2.57 bits per heavy atom. The van der Waals surface area contributed by atoms with Gasteiger partial charge < -0.3 is 9.80 Å². The molecule has 30 heavy (non-hydrogen) atoms. The van der Waals surface area contributed by atoms with Crippen molar-refractivity contribution < 1.29 is 13.2 Å². The lowest BCUT2D eigenvalue weighted by Crippen LogP contribution is -2.36. The normalized spacial score (nSPS) is 17.0. The maximum atomic E-state index is 13.4. The molecule has 0 unspecified atom stereocenters. The zero-order valence-corrected chi connectivity index (χ0v) is 18.3. The third-order valence-electron chi connectivity index (χ3n) is 6.03. The van der Waals surface area contributed by atoms with Gasteiger partial charge in [-0.15, -0.1) is 0 Å². The van der Waals surface area contributed by atoms with Crippen molar-refractivity contribution in [2.24, 2.45) is 0 Å². The highest BCUT2D eigenvalue weighted by atomic mass is 32.2. The number of rotatable bonds is 6. The highest BCUT2D eigenvalue weighted by Crippen LogP contribution is 2.32. The van der Waals surface area contributed by atoms with E-state index in [1.165, 1.54) is 23.2 Å². The van der Waals surface area contributed by atoms with Gasteiger partial charge in [-0.1, -0.05) is 24.3 Å². The molecule has 0 aliphatic carbocycles. The van der Waals surface area contributed by atoms with Gasteiger partial charge in [0.15, 0.2) is 0 Å². The number of benzene rings is 2. The van der Waals surface area contributed by atoms with Crippen LogP contribution in [0, 0.1) is 0 Å². The number of likely N-dealkylation sites (N-methyl/N-ethyl adjacent to an activating group) is 1. The predicted octanol–water partition coefficient (Wildman–Crippen LogP) is 3.00. The lowest BCUT2D eigenvalue weighted by atomic mass is 10.0. The topological polar surface area (TPSA) is 60.9 Å². The van der Waals surface area contributed by atoms with E-state index in [0.29, 0.717) is 18.7 Å². The fraction of sp³-hybridized carbons (Fsp3) is 0.435. The van der Waals surface area contributed by atoms with Crippen molar-refractivity contribution in [3.05, 3.63) is 59.7 Å². The number of hydrogen-bond acceptors (Lipinski definition) is 4. The molecule has 0 N–H and O–H groups in total. The fourth-order valence-corrected chi connectivity index (χ4v) is 5.87. The first-order chi connectivity index (χ1) is 14.5. The van der Waals surface area contributed by atoms with Gasteiger partial charge in [-0.3, -0.25) is 9.10 Å². The van der Waals surface area contributed by atoms with Crippen molar-refractivity contribution in [2.45, 2.75) is 30.6 Å². The summed E-state index contributed by atoms with van der Waals surface area (Å²) >= 11 is 0. The smallest absolute Gasteiger partial charge is 0.264 e. The molecule has 0 radical (unpaired) electrons. The molecule has 0 saturated carbocycles. The summed E-state index contributed by atoms with van der Waals surface area (Å²) in [5, 5.41) is 0. The van der Waals surface area contributed by atoms with E-state index in [2.05, 4.69) is 4.90 Å². The standard InChI is InChI=1S/C23H29N3O3S/c1-24(16-17-25-13-4-5-14-25)23(27)20-9-6-11-21(18-20)30(28,29)26-15-7-10-19-8-2-3-12-22(19)26/h2-3,6,8-9,11-12,18H,4-5,7,10,13-17H2,1H3. The van der Waals surface area contributed by atoms with Crippen molar-refractivity contribution in [1.82, 2.24) is 9.80 Å². The monoisotopic (exact) mass is 427 g/mol. The predicted molar refractivity (Wildman–Crippen MR) is 118 cm³/mol. The first kappa shape index (κ1) is 20.9. The second-order valence-corrected chi connectivity index (χ2v) is 9.98. The zero-order chi connectivity index (χ0) is 21.1. The summed E-state index contributed by atoms with van der Waals surface area (Å²) in [4.78, 5) is 17.1. The number of amides is 1. The van der Waals surface area contributed by atoms with Crippen molar-refractivity contribution in [2.75, 3.05) is 44.1 Å². The molecule has 2 aliphatic rings. The van der Waals surface area contributed by atoms with Crippen LogP contribution in [-0.2, 0) is 16.4 Å². The Morgan fingerprint density at radius 2 is 1.77 bits per heavy atom. The van der Waals surface area contributed by atoms with E-state index in [9.17, 15) is 13.2 Å². The van der Waals surface area contributed by atoms with Crippen molar-refractivity contribution in [3.8, 4) is 0 Å². The molecule has 160 valence electrons. The number of fused-ring (bicyclic) bond motifs is 1. The third kappa shape index (κ3) is 4.23. The lowest BCUT2D eigenvalue weighted by Gasteiger charge is -2.30. The number of carbonyl (C=O) groups is 1. The van der Waals surface area contributed by atoms with Crippen LogP contribution in [0.1, 0.15) is 35.2 Å². The van der Waals surface area contributed by atoms with Crippen LogP contribution >= 0.6 is 0 Å². The summed E-state index contributed by atoms with van der Waals surface area (Å²) in [6.45, 7) is 4.12. The van der Waals surface area contributed by atoms with E-state index < -0.39 is 10.0 Å². The van der Waals surface area contributed by atoms with Gasteiger partial charge in [-0.2, -0.15) is 0 Å². The number of hydrogen-bond donors (Lipinski definition) is 0. The molecular formula is C23H29N3O3S. The van der Waals surface area contributed by atoms with Gasteiger partial charge in [0.2, 0.25) is 0 Å². The third-order valence-corrected chi connectivity index (χ3v) is 7.84. The average Bonchev–Trinajstić information content (AvgIpc) is 3.30. The Morgan fingerprint density at radius 1 is 1.00 bits per heavy atom. The molecule has 2 aromatic carbocycles. The van der Waals surface area contributed by atoms with Gasteiger partial charge in [0.1, 0.15) is 0 Å². The van der Waals surface area contributed by atoms with E-state index in [4.69, 9.17) is 0 Å². The molecule has 1 saturated heterocycles. The van der Waals surface area contributed by atoms with Crippen molar-refractivity contribution >= 4 is 21.6 Å². The number of anilines is 1. The van der Waals surface area contributed by atoms with Gasteiger partial charge in [-0.25, -0.2) is 8.42 Å². The fourth-order valence-electron chi connectivity index (χ4n) is 4.29. The van der Waals surface area contributed by atoms with Gasteiger partial charge >= 0.3 is 0 Å². The molecule has 6 nitrogen and oxygen atoms in total. The molecule has 0 aromatic heterocycles. The Bertz CT molecular complexity index is 1020. The van der Waals surface area contributed by atoms with Crippen LogP contribution in [-0.4, -0.2) is 63.9 Å². The van der Waals surface area contributed by atoms with Crippen LogP contribution in [0.4, 0.5) is 5.69 Å². The van der Waals surface area contributed by atoms with Crippen LogP contribution in [0.5, 0.6) is 0 Å². The molecule has 7 heteroatoms. The summed E-state index contributed by atoms with van der Waals surface area (Å²) in [6, 6.07) is 14.1. The minimum atomic E-state index is -3.73. The maximum absolute atomic E-state index is 13.4. The first-order valence-electron chi connectivity index (χ1n) is 10.7. The second kappa shape index (κ2) is 8.78. The van der Waals surface area contributed by atoms with Crippen LogP contribution < -0.4 is 4.31 Å². The second-order valence-electron chi connectivity index (χ2n) is 8.11. The zero-order valence-electron chi connectivity index (χ0n) is 17.5. The van der Waals surface area contributed by atoms with Crippen LogP contribution in [0.3, 0.4) is 0 Å². The largest absolute Gasteiger partial charge is 0.340 e. The van der Waals surface area contributed by atoms with Crippen LogP contribution in [0.2, 0.25) is 0 Å². The quantitative estimate of drug-likeness (QED) is 0.711. The lowest BCUT2D eigenvalue weighted by molar-refractivity contribution is 0.0782. The van der Waals surface area contributed by atoms with E-state index in [0.717, 1.165) is 43.7 Å². The minimum Gasteiger partial charge on any atom is -0.340 e. The molecule has 1 fully saturated rings. The molecule has 2 aromatic rings. The number of nitrogens with zero attached hydrogens (tertiary/aromatic N) is 3. The maximum Gasteiger partial charge on any atom is 0.264 e. The number of para-hydroxylation sites is 1. The Kier molecular flexibility index (Phi) is 6.11. The molecule has 0 bridgehead atoms.